The molecule has 0 aliphatic carbocycles. The van der Waals surface area contributed by atoms with Gasteiger partial charge in [-0.25, -0.2) is 12.8 Å². The number of aromatic amines is 1. The monoisotopic (exact) mass is 289 g/mol. The van der Waals surface area contributed by atoms with E-state index in [9.17, 15) is 12.8 Å². The highest BCUT2D eigenvalue weighted by Crippen LogP contribution is 2.29. The zero-order chi connectivity index (χ0) is 14.3. The van der Waals surface area contributed by atoms with Gasteiger partial charge in [0.15, 0.2) is 9.84 Å². The van der Waals surface area contributed by atoms with Crippen LogP contribution in [0.15, 0.2) is 53.6 Å². The average Bonchev–Trinajstić information content (AvgIpc) is 2.80. The fraction of sp³-hybridized carbons (Fsp3) is 0.0667. The number of halogens is 1. The Bertz CT molecular complexity index is 880. The van der Waals surface area contributed by atoms with E-state index in [2.05, 4.69) is 4.98 Å². The van der Waals surface area contributed by atoms with E-state index in [4.69, 9.17) is 0 Å². The summed E-state index contributed by atoms with van der Waals surface area (Å²) in [5, 5.41) is 0.901. The Balaban J connectivity index is 2.12. The zero-order valence-corrected chi connectivity index (χ0v) is 11.5. The molecular formula is C15H12FNO2S. The molecule has 20 heavy (non-hydrogen) atoms. The molecule has 2 aromatic carbocycles. The average molecular weight is 289 g/mol. The van der Waals surface area contributed by atoms with Gasteiger partial charge in [0.1, 0.15) is 5.82 Å². The summed E-state index contributed by atoms with van der Waals surface area (Å²) >= 11 is 0. The van der Waals surface area contributed by atoms with Crippen LogP contribution in [0.5, 0.6) is 0 Å². The molecule has 0 atom stereocenters. The molecule has 1 heterocycles. The molecule has 0 aliphatic rings. The van der Waals surface area contributed by atoms with Gasteiger partial charge in [-0.15, -0.1) is 0 Å². The number of rotatable bonds is 2. The van der Waals surface area contributed by atoms with E-state index in [0.717, 1.165) is 16.5 Å². The first-order valence-corrected chi connectivity index (χ1v) is 7.91. The second-order valence-electron chi connectivity index (χ2n) is 4.69. The highest BCUT2D eigenvalue weighted by Gasteiger charge is 2.09. The quantitative estimate of drug-likeness (QED) is 0.786. The van der Waals surface area contributed by atoms with Crippen LogP contribution >= 0.6 is 0 Å². The summed E-state index contributed by atoms with van der Waals surface area (Å²) in [5.74, 6) is -0.293. The Morgan fingerprint density at radius 2 is 1.75 bits per heavy atom. The molecule has 0 saturated heterocycles. The molecule has 0 bridgehead atoms. The molecule has 0 aliphatic heterocycles. The van der Waals surface area contributed by atoms with E-state index in [1.54, 1.807) is 36.5 Å². The van der Waals surface area contributed by atoms with Crippen molar-refractivity contribution >= 4 is 20.7 Å². The SMILES string of the molecule is CS(=O)(=O)c1ccc(-c2c[nH]c3cc(F)ccc23)cc1. The summed E-state index contributed by atoms with van der Waals surface area (Å²) in [4.78, 5) is 3.30. The van der Waals surface area contributed by atoms with Crippen LogP contribution in [0.1, 0.15) is 0 Å². The van der Waals surface area contributed by atoms with Crippen LogP contribution in [-0.2, 0) is 9.84 Å². The second-order valence-corrected chi connectivity index (χ2v) is 6.70. The molecule has 0 saturated carbocycles. The van der Waals surface area contributed by atoms with E-state index in [0.29, 0.717) is 5.52 Å². The zero-order valence-electron chi connectivity index (χ0n) is 10.7. The minimum absolute atomic E-state index is 0.284. The minimum Gasteiger partial charge on any atom is -0.360 e. The van der Waals surface area contributed by atoms with E-state index in [1.807, 2.05) is 0 Å². The van der Waals surface area contributed by atoms with Crippen LogP contribution in [0.2, 0.25) is 0 Å². The molecule has 5 heteroatoms. The molecule has 3 rings (SSSR count). The van der Waals surface area contributed by atoms with Crippen molar-refractivity contribution in [2.45, 2.75) is 4.90 Å². The van der Waals surface area contributed by atoms with Gasteiger partial charge in [-0.1, -0.05) is 12.1 Å². The van der Waals surface area contributed by atoms with E-state index in [-0.39, 0.29) is 10.7 Å². The van der Waals surface area contributed by atoms with Gasteiger partial charge in [-0.05, 0) is 35.9 Å². The number of nitrogens with one attached hydrogen (secondary N) is 1. The van der Waals surface area contributed by atoms with Crippen molar-refractivity contribution in [2.24, 2.45) is 0 Å². The molecule has 1 N–H and O–H groups in total. The maximum Gasteiger partial charge on any atom is 0.175 e. The fourth-order valence-corrected chi connectivity index (χ4v) is 2.85. The van der Waals surface area contributed by atoms with Crippen molar-refractivity contribution in [3.8, 4) is 11.1 Å². The van der Waals surface area contributed by atoms with Crippen molar-refractivity contribution in [1.82, 2.24) is 4.98 Å². The summed E-state index contributed by atoms with van der Waals surface area (Å²) in [7, 11) is -3.19. The predicted octanol–water partition coefficient (Wildman–Crippen LogP) is 3.38. The Morgan fingerprint density at radius 3 is 2.40 bits per heavy atom. The maximum atomic E-state index is 13.1. The third kappa shape index (κ3) is 2.20. The van der Waals surface area contributed by atoms with Gasteiger partial charge in [-0.2, -0.15) is 0 Å². The second kappa shape index (κ2) is 4.45. The van der Waals surface area contributed by atoms with Gasteiger partial charge in [0.2, 0.25) is 0 Å². The molecule has 0 radical (unpaired) electrons. The summed E-state index contributed by atoms with van der Waals surface area (Å²) in [5.41, 5.74) is 2.52. The number of hydrogen-bond donors (Lipinski definition) is 1. The van der Waals surface area contributed by atoms with Gasteiger partial charge in [0.05, 0.1) is 4.90 Å². The molecule has 102 valence electrons. The summed E-state index contributed by atoms with van der Waals surface area (Å²) in [6.45, 7) is 0. The third-order valence-corrected chi connectivity index (χ3v) is 4.37. The van der Waals surface area contributed by atoms with E-state index < -0.39 is 9.84 Å². The minimum atomic E-state index is -3.19. The number of benzene rings is 2. The van der Waals surface area contributed by atoms with Crippen LogP contribution in [0.3, 0.4) is 0 Å². The highest BCUT2D eigenvalue weighted by molar-refractivity contribution is 7.90. The normalized spacial score (nSPS) is 11.9. The van der Waals surface area contributed by atoms with Crippen LogP contribution in [0.25, 0.3) is 22.0 Å². The van der Waals surface area contributed by atoms with Crippen LogP contribution < -0.4 is 0 Å². The van der Waals surface area contributed by atoms with Crippen molar-refractivity contribution in [3.05, 3.63) is 54.5 Å². The number of sulfone groups is 1. The molecule has 0 amide bonds. The van der Waals surface area contributed by atoms with Crippen molar-refractivity contribution < 1.29 is 12.8 Å². The molecule has 0 unspecified atom stereocenters. The first-order valence-electron chi connectivity index (χ1n) is 6.02. The predicted molar refractivity (Wildman–Crippen MR) is 76.8 cm³/mol. The van der Waals surface area contributed by atoms with Gasteiger partial charge in [0.25, 0.3) is 0 Å². The summed E-state index contributed by atoms with van der Waals surface area (Å²) < 4.78 is 36.0. The maximum absolute atomic E-state index is 13.1. The van der Waals surface area contributed by atoms with Gasteiger partial charge in [-0.3, -0.25) is 0 Å². The number of hydrogen-bond acceptors (Lipinski definition) is 2. The van der Waals surface area contributed by atoms with Crippen LogP contribution in [0, 0.1) is 5.82 Å². The van der Waals surface area contributed by atoms with Gasteiger partial charge < -0.3 is 4.98 Å². The van der Waals surface area contributed by atoms with E-state index >= 15 is 0 Å². The van der Waals surface area contributed by atoms with Gasteiger partial charge >= 0.3 is 0 Å². The van der Waals surface area contributed by atoms with Crippen LogP contribution in [0.4, 0.5) is 4.39 Å². The lowest BCUT2D eigenvalue weighted by molar-refractivity contribution is 0.602. The molecule has 3 aromatic rings. The number of fused-ring (bicyclic) bond motifs is 1. The third-order valence-electron chi connectivity index (χ3n) is 3.24. The summed E-state index contributed by atoms with van der Waals surface area (Å²) in [6, 6.07) is 11.2. The number of aromatic nitrogens is 1. The Kier molecular flexibility index (Phi) is 2.87. The topological polar surface area (TPSA) is 49.9 Å². The highest BCUT2D eigenvalue weighted by atomic mass is 32.2. The first kappa shape index (κ1) is 12.9. The van der Waals surface area contributed by atoms with Crippen molar-refractivity contribution in [1.29, 1.82) is 0 Å². The summed E-state index contributed by atoms with van der Waals surface area (Å²) in [6.07, 6.45) is 2.97. The molecule has 0 fully saturated rings. The largest absolute Gasteiger partial charge is 0.360 e. The Hall–Kier alpha value is -2.14. The lowest BCUT2D eigenvalue weighted by Crippen LogP contribution is -1.96. The van der Waals surface area contributed by atoms with Crippen molar-refractivity contribution in [2.75, 3.05) is 6.26 Å². The van der Waals surface area contributed by atoms with E-state index in [1.165, 1.54) is 18.4 Å². The van der Waals surface area contributed by atoms with Gasteiger partial charge in [0, 0.05) is 28.9 Å². The number of H-pyrrole nitrogens is 1. The molecular weight excluding hydrogens is 277 g/mol. The lowest BCUT2D eigenvalue weighted by Gasteiger charge is -2.02. The standard InChI is InChI=1S/C15H12FNO2S/c1-20(18,19)12-5-2-10(3-6-12)14-9-17-15-8-11(16)4-7-13(14)15/h2-9,17H,1H3. The Labute approximate surface area is 116 Å². The smallest absolute Gasteiger partial charge is 0.175 e. The Morgan fingerprint density at radius 1 is 1.05 bits per heavy atom. The molecule has 1 aromatic heterocycles. The first-order chi connectivity index (χ1) is 9.45. The fourth-order valence-electron chi connectivity index (χ4n) is 2.22. The molecule has 0 spiro atoms. The van der Waals surface area contributed by atoms with Crippen molar-refractivity contribution in [3.63, 3.8) is 0 Å². The van der Waals surface area contributed by atoms with Crippen LogP contribution in [-0.4, -0.2) is 19.7 Å². The lowest BCUT2D eigenvalue weighted by atomic mass is 10.1. The molecule has 3 nitrogen and oxygen atoms in total.